The Hall–Kier alpha value is -6.16. The molecule has 0 radical (unpaired) electrons. The van der Waals surface area contributed by atoms with Gasteiger partial charge in [-0.15, -0.1) is 10.2 Å². The lowest BCUT2D eigenvalue weighted by Gasteiger charge is -2.37. The van der Waals surface area contributed by atoms with Crippen LogP contribution in [0.2, 0.25) is 0 Å². The summed E-state index contributed by atoms with van der Waals surface area (Å²) < 4.78 is 7.74. The molecule has 0 aliphatic carbocycles. The number of Topliss-reactive ketones (excluding diaryl/α,β-unsaturated/α-hetero) is 1. The first-order valence-electron chi connectivity index (χ1n) is 18.3. The SMILES string of the molecule is CC(C)[C@H](NC(=O)[C@@H]1Cc2ccccc2CN1C(=O)c1cn(C(c2ccccc2)(c2ccccc2)c2ccccc2)cn1)C(=O)c1nnc(C(C)(C)C)o1. The number of ketones is 1. The Labute approximate surface area is 315 Å². The van der Waals surface area contributed by atoms with Crippen molar-refractivity contribution in [3.05, 3.63) is 173 Å². The van der Waals surface area contributed by atoms with Crippen molar-refractivity contribution in [3.63, 3.8) is 0 Å². The first kappa shape index (κ1) is 36.2. The van der Waals surface area contributed by atoms with Crippen LogP contribution in [-0.2, 0) is 28.7 Å². The van der Waals surface area contributed by atoms with E-state index in [9.17, 15) is 14.4 Å². The van der Waals surface area contributed by atoms with Crippen molar-refractivity contribution in [2.45, 2.75) is 70.6 Å². The highest BCUT2D eigenvalue weighted by Gasteiger charge is 2.42. The van der Waals surface area contributed by atoms with Crippen LogP contribution in [0.15, 0.2) is 132 Å². The van der Waals surface area contributed by atoms with Crippen molar-refractivity contribution in [3.8, 4) is 0 Å². The molecule has 1 aliphatic heterocycles. The molecule has 2 atom stereocenters. The zero-order valence-electron chi connectivity index (χ0n) is 31.1. The van der Waals surface area contributed by atoms with E-state index in [0.29, 0.717) is 5.89 Å². The average Bonchev–Trinajstić information content (AvgIpc) is 3.90. The Morgan fingerprint density at radius 1 is 0.759 bits per heavy atom. The quantitative estimate of drug-likeness (QED) is 0.120. The molecule has 7 rings (SSSR count). The lowest BCUT2D eigenvalue weighted by molar-refractivity contribution is -0.126. The summed E-state index contributed by atoms with van der Waals surface area (Å²) in [5.41, 5.74) is 3.74. The topological polar surface area (TPSA) is 123 Å². The summed E-state index contributed by atoms with van der Waals surface area (Å²) in [5.74, 6) is -1.46. The van der Waals surface area contributed by atoms with Gasteiger partial charge in [-0.1, -0.05) is 150 Å². The number of hydrogen-bond donors (Lipinski definition) is 1. The number of benzene rings is 4. The molecular formula is C44H44N6O4. The maximum Gasteiger partial charge on any atom is 0.286 e. The normalized spacial score (nSPS) is 15.1. The van der Waals surface area contributed by atoms with Gasteiger partial charge in [-0.25, -0.2) is 4.98 Å². The molecule has 0 saturated heterocycles. The Bertz CT molecular complexity index is 2160. The van der Waals surface area contributed by atoms with Gasteiger partial charge in [0.05, 0.1) is 12.4 Å². The molecule has 2 aromatic heterocycles. The minimum atomic E-state index is -0.956. The van der Waals surface area contributed by atoms with Gasteiger partial charge >= 0.3 is 0 Å². The molecule has 10 nitrogen and oxygen atoms in total. The molecule has 10 heteroatoms. The molecule has 0 bridgehead atoms. The molecule has 0 saturated carbocycles. The third-order valence-corrected chi connectivity index (χ3v) is 10.1. The van der Waals surface area contributed by atoms with Crippen LogP contribution in [0.4, 0.5) is 0 Å². The smallest absolute Gasteiger partial charge is 0.286 e. The monoisotopic (exact) mass is 720 g/mol. The van der Waals surface area contributed by atoms with E-state index in [-0.39, 0.29) is 30.5 Å². The maximum atomic E-state index is 14.7. The fourth-order valence-corrected chi connectivity index (χ4v) is 7.26. The van der Waals surface area contributed by atoms with Crippen LogP contribution in [0.25, 0.3) is 0 Å². The lowest BCUT2D eigenvalue weighted by atomic mass is 9.77. The molecule has 1 aliphatic rings. The highest BCUT2D eigenvalue weighted by molar-refractivity contribution is 6.01. The number of nitrogens with zero attached hydrogens (tertiary/aromatic N) is 5. The van der Waals surface area contributed by atoms with Crippen molar-refractivity contribution in [2.75, 3.05) is 0 Å². The minimum absolute atomic E-state index is 0.162. The van der Waals surface area contributed by atoms with Crippen LogP contribution in [-0.4, -0.2) is 54.3 Å². The zero-order chi connectivity index (χ0) is 38.0. The van der Waals surface area contributed by atoms with Crippen LogP contribution in [0, 0.1) is 5.92 Å². The van der Waals surface area contributed by atoms with Gasteiger partial charge in [-0.05, 0) is 33.7 Å². The molecule has 1 N–H and O–H groups in total. The van der Waals surface area contributed by atoms with Crippen LogP contribution < -0.4 is 5.32 Å². The summed E-state index contributed by atoms with van der Waals surface area (Å²) in [6, 6.07) is 36.3. The number of carbonyl (C=O) groups is 3. The summed E-state index contributed by atoms with van der Waals surface area (Å²) in [6.45, 7) is 9.62. The van der Waals surface area contributed by atoms with Gasteiger partial charge < -0.3 is 19.2 Å². The second-order valence-corrected chi connectivity index (χ2v) is 15.2. The average molecular weight is 721 g/mol. The fourth-order valence-electron chi connectivity index (χ4n) is 7.26. The molecule has 3 heterocycles. The Kier molecular flexibility index (Phi) is 9.85. The number of amides is 2. The molecule has 0 unspecified atom stereocenters. The van der Waals surface area contributed by atoms with Gasteiger partial charge in [0.15, 0.2) is 0 Å². The summed E-state index contributed by atoms with van der Waals surface area (Å²) in [5, 5.41) is 11.0. The number of rotatable bonds is 10. The molecule has 54 heavy (non-hydrogen) atoms. The van der Waals surface area contributed by atoms with Gasteiger partial charge in [0.1, 0.15) is 17.3 Å². The maximum absolute atomic E-state index is 14.7. The van der Waals surface area contributed by atoms with E-state index in [4.69, 9.17) is 9.40 Å². The second kappa shape index (κ2) is 14.7. The molecule has 274 valence electrons. The van der Waals surface area contributed by atoms with E-state index in [0.717, 1.165) is 27.8 Å². The van der Waals surface area contributed by atoms with E-state index in [1.165, 1.54) is 0 Å². The predicted molar refractivity (Wildman–Crippen MR) is 205 cm³/mol. The number of nitrogens with one attached hydrogen (secondary N) is 1. The molecular weight excluding hydrogens is 677 g/mol. The number of aromatic nitrogens is 4. The van der Waals surface area contributed by atoms with Crippen LogP contribution in [0.3, 0.4) is 0 Å². The molecule has 2 amide bonds. The number of fused-ring (bicyclic) bond motifs is 1. The lowest BCUT2D eigenvalue weighted by Crippen LogP contribution is -2.56. The first-order chi connectivity index (χ1) is 26.0. The van der Waals surface area contributed by atoms with Gasteiger partial charge in [-0.2, -0.15) is 0 Å². The van der Waals surface area contributed by atoms with Gasteiger partial charge in [-0.3, -0.25) is 14.4 Å². The van der Waals surface area contributed by atoms with Crippen molar-refractivity contribution in [1.82, 2.24) is 30.0 Å². The van der Waals surface area contributed by atoms with E-state index in [1.807, 2.05) is 118 Å². The Balaban J connectivity index is 1.26. The largest absolute Gasteiger partial charge is 0.418 e. The van der Waals surface area contributed by atoms with Crippen molar-refractivity contribution in [2.24, 2.45) is 5.92 Å². The fraction of sp³-hybridized carbons (Fsp3) is 0.273. The van der Waals surface area contributed by atoms with Gasteiger partial charge in [0, 0.05) is 24.6 Å². The summed E-state index contributed by atoms with van der Waals surface area (Å²) in [4.78, 5) is 49.1. The third-order valence-electron chi connectivity index (χ3n) is 10.1. The van der Waals surface area contributed by atoms with Crippen LogP contribution in [0.5, 0.6) is 0 Å². The highest BCUT2D eigenvalue weighted by atomic mass is 16.4. The summed E-state index contributed by atoms with van der Waals surface area (Å²) in [6.07, 6.45) is 3.73. The predicted octanol–water partition coefficient (Wildman–Crippen LogP) is 6.99. The van der Waals surface area contributed by atoms with E-state index in [2.05, 4.69) is 51.9 Å². The van der Waals surface area contributed by atoms with Gasteiger partial charge in [0.25, 0.3) is 11.8 Å². The molecule has 0 spiro atoms. The molecule has 6 aromatic rings. The standard InChI is InChI=1S/C44H44N6O4/c1-29(2)37(38(51)40-47-48-42(54-40)43(3,4)5)46-39(52)36-25-30-17-15-16-18-31(30)26-50(36)41(53)35-27-49(28-45-35)44(32-19-9-6-10-20-32,33-21-11-7-12-22-33)34-23-13-8-14-24-34/h6-24,27-29,36-37H,25-26H2,1-5H3,(H,46,52)/t36-,37-/m0/s1. The Morgan fingerprint density at radius 2 is 1.30 bits per heavy atom. The number of carbonyl (C=O) groups excluding carboxylic acids is 3. The Morgan fingerprint density at radius 3 is 1.81 bits per heavy atom. The van der Waals surface area contributed by atoms with Crippen molar-refractivity contribution < 1.29 is 18.8 Å². The van der Waals surface area contributed by atoms with Crippen LogP contribution >= 0.6 is 0 Å². The van der Waals surface area contributed by atoms with Crippen molar-refractivity contribution in [1.29, 1.82) is 0 Å². The third kappa shape index (κ3) is 6.75. The van der Waals surface area contributed by atoms with Gasteiger partial charge in [0.2, 0.25) is 17.6 Å². The minimum Gasteiger partial charge on any atom is -0.418 e. The van der Waals surface area contributed by atoms with E-state index < -0.39 is 40.6 Å². The molecule has 4 aromatic carbocycles. The van der Waals surface area contributed by atoms with Crippen LogP contribution in [0.1, 0.15) is 89.5 Å². The summed E-state index contributed by atoms with van der Waals surface area (Å²) in [7, 11) is 0. The first-order valence-corrected chi connectivity index (χ1v) is 18.3. The van der Waals surface area contributed by atoms with Crippen molar-refractivity contribution >= 4 is 17.6 Å². The number of imidazole rings is 1. The second-order valence-electron chi connectivity index (χ2n) is 15.2. The zero-order valence-corrected chi connectivity index (χ0v) is 31.1. The number of hydrogen-bond acceptors (Lipinski definition) is 7. The van der Waals surface area contributed by atoms with E-state index in [1.54, 1.807) is 17.4 Å². The highest BCUT2D eigenvalue weighted by Crippen LogP contribution is 2.41. The summed E-state index contributed by atoms with van der Waals surface area (Å²) >= 11 is 0. The van der Waals surface area contributed by atoms with E-state index >= 15 is 0 Å². The molecule has 0 fully saturated rings.